The molecule has 0 aromatic heterocycles. The average Bonchev–Trinajstić information content (AvgIpc) is 2.19. The van der Waals surface area contributed by atoms with Gasteiger partial charge in [0.25, 0.3) is 0 Å². The maximum absolute atomic E-state index is 11.5. The van der Waals surface area contributed by atoms with E-state index in [1.54, 1.807) is 11.9 Å². The Bertz CT molecular complexity index is 181. The van der Waals surface area contributed by atoms with Crippen LogP contribution in [0.4, 0.5) is 0 Å². The van der Waals surface area contributed by atoms with E-state index in [1.807, 2.05) is 0 Å². The molecule has 0 spiro atoms. The number of rotatable bonds is 4. The molecular formula is C9H18N3O2. The van der Waals surface area contributed by atoms with Crippen molar-refractivity contribution in [2.75, 3.05) is 52.9 Å². The second-order valence-electron chi connectivity index (χ2n) is 3.49. The van der Waals surface area contributed by atoms with E-state index in [4.69, 9.17) is 5.11 Å². The normalized spacial score (nSPS) is 18.1. The summed E-state index contributed by atoms with van der Waals surface area (Å²) in [5, 5.41) is 12.9. The molecule has 0 saturated carbocycles. The standard InChI is InChI=1S/C9H18N3O2/c1-11(6-7-13)9(14)8-12-4-2-10-3-5-12/h13H,2-8H2,1H3. The minimum Gasteiger partial charge on any atom is -0.395 e. The Morgan fingerprint density at radius 2 is 2.14 bits per heavy atom. The molecular weight excluding hydrogens is 182 g/mol. The van der Waals surface area contributed by atoms with E-state index in [0.717, 1.165) is 26.2 Å². The molecule has 1 saturated heterocycles. The molecule has 1 amide bonds. The average molecular weight is 200 g/mol. The van der Waals surface area contributed by atoms with Crippen LogP contribution in [-0.4, -0.2) is 73.7 Å². The van der Waals surface area contributed by atoms with E-state index in [1.165, 1.54) is 0 Å². The van der Waals surface area contributed by atoms with Crippen LogP contribution in [-0.2, 0) is 4.79 Å². The number of carbonyl (C=O) groups excluding carboxylic acids is 1. The van der Waals surface area contributed by atoms with E-state index >= 15 is 0 Å². The van der Waals surface area contributed by atoms with Gasteiger partial charge in [0, 0.05) is 39.8 Å². The van der Waals surface area contributed by atoms with E-state index in [2.05, 4.69) is 10.2 Å². The molecule has 1 radical (unpaired) electrons. The van der Waals surface area contributed by atoms with Gasteiger partial charge < -0.3 is 10.0 Å². The first kappa shape index (κ1) is 11.4. The van der Waals surface area contributed by atoms with E-state index in [0.29, 0.717) is 13.1 Å². The summed E-state index contributed by atoms with van der Waals surface area (Å²) in [7, 11) is 1.72. The molecule has 5 nitrogen and oxygen atoms in total. The number of hydrogen-bond donors (Lipinski definition) is 1. The van der Waals surface area contributed by atoms with Gasteiger partial charge in [0.05, 0.1) is 13.2 Å². The zero-order valence-corrected chi connectivity index (χ0v) is 8.65. The van der Waals surface area contributed by atoms with Gasteiger partial charge in [-0.1, -0.05) is 0 Å². The van der Waals surface area contributed by atoms with Crippen LogP contribution in [0, 0.1) is 0 Å². The van der Waals surface area contributed by atoms with Gasteiger partial charge >= 0.3 is 0 Å². The highest BCUT2D eigenvalue weighted by Crippen LogP contribution is 1.95. The third-order valence-corrected chi connectivity index (χ3v) is 2.37. The number of hydrogen-bond acceptors (Lipinski definition) is 3. The molecule has 5 heteroatoms. The fourth-order valence-electron chi connectivity index (χ4n) is 1.39. The number of aliphatic hydroxyl groups is 1. The largest absolute Gasteiger partial charge is 0.395 e. The van der Waals surface area contributed by atoms with Gasteiger partial charge in [-0.3, -0.25) is 9.69 Å². The molecule has 0 bridgehead atoms. The summed E-state index contributed by atoms with van der Waals surface area (Å²) in [4.78, 5) is 15.2. The Labute approximate surface area is 84.7 Å². The Kier molecular flexibility index (Phi) is 4.86. The first-order valence-electron chi connectivity index (χ1n) is 4.94. The Morgan fingerprint density at radius 1 is 1.50 bits per heavy atom. The Hall–Kier alpha value is -0.650. The van der Waals surface area contributed by atoms with Gasteiger partial charge in [0.2, 0.25) is 5.91 Å². The summed E-state index contributed by atoms with van der Waals surface area (Å²) in [6.07, 6.45) is 0. The van der Waals surface area contributed by atoms with Gasteiger partial charge in [0.15, 0.2) is 0 Å². The van der Waals surface area contributed by atoms with Crippen molar-refractivity contribution in [1.82, 2.24) is 15.1 Å². The van der Waals surface area contributed by atoms with Crippen molar-refractivity contribution in [2.24, 2.45) is 0 Å². The Morgan fingerprint density at radius 3 is 2.71 bits per heavy atom. The van der Waals surface area contributed by atoms with Crippen LogP contribution < -0.4 is 5.32 Å². The molecule has 1 rings (SSSR count). The van der Waals surface area contributed by atoms with Gasteiger partial charge in [-0.25, -0.2) is 5.32 Å². The monoisotopic (exact) mass is 200 g/mol. The molecule has 1 heterocycles. The first-order valence-corrected chi connectivity index (χ1v) is 4.94. The fourth-order valence-corrected chi connectivity index (χ4v) is 1.39. The molecule has 1 N–H and O–H groups in total. The van der Waals surface area contributed by atoms with Crippen molar-refractivity contribution in [3.05, 3.63) is 0 Å². The van der Waals surface area contributed by atoms with Gasteiger partial charge in [-0.05, 0) is 0 Å². The molecule has 0 aromatic carbocycles. The summed E-state index contributed by atoms with van der Waals surface area (Å²) >= 11 is 0. The zero-order valence-electron chi connectivity index (χ0n) is 8.65. The molecule has 1 fully saturated rings. The molecule has 0 aliphatic carbocycles. The highest BCUT2D eigenvalue weighted by molar-refractivity contribution is 5.77. The van der Waals surface area contributed by atoms with Gasteiger partial charge in [-0.15, -0.1) is 0 Å². The lowest BCUT2D eigenvalue weighted by Gasteiger charge is -2.27. The quantitative estimate of drug-likeness (QED) is 0.592. The number of likely N-dealkylation sites (N-methyl/N-ethyl adjacent to an activating group) is 1. The smallest absolute Gasteiger partial charge is 0.236 e. The Balaban J connectivity index is 2.24. The predicted molar refractivity (Wildman–Crippen MR) is 53.0 cm³/mol. The maximum Gasteiger partial charge on any atom is 0.236 e. The minimum absolute atomic E-state index is 0.0254. The molecule has 0 aromatic rings. The van der Waals surface area contributed by atoms with Crippen LogP contribution in [0.5, 0.6) is 0 Å². The maximum atomic E-state index is 11.5. The highest BCUT2D eigenvalue weighted by Gasteiger charge is 2.16. The van der Waals surface area contributed by atoms with Crippen molar-refractivity contribution >= 4 is 5.91 Å². The van der Waals surface area contributed by atoms with E-state index in [-0.39, 0.29) is 12.5 Å². The highest BCUT2D eigenvalue weighted by atomic mass is 16.3. The molecule has 1 aliphatic rings. The summed E-state index contributed by atoms with van der Waals surface area (Å²) in [5.41, 5.74) is 0. The molecule has 81 valence electrons. The summed E-state index contributed by atoms with van der Waals surface area (Å²) in [6, 6.07) is 0. The number of carbonyl (C=O) groups is 1. The topological polar surface area (TPSA) is 57.9 Å². The van der Waals surface area contributed by atoms with Crippen LogP contribution in [0.2, 0.25) is 0 Å². The van der Waals surface area contributed by atoms with E-state index in [9.17, 15) is 4.79 Å². The molecule has 1 aliphatic heterocycles. The van der Waals surface area contributed by atoms with Crippen LogP contribution >= 0.6 is 0 Å². The van der Waals surface area contributed by atoms with Gasteiger partial charge in [0.1, 0.15) is 0 Å². The molecule has 0 atom stereocenters. The van der Waals surface area contributed by atoms with Crippen molar-refractivity contribution in [1.29, 1.82) is 0 Å². The predicted octanol–water partition coefficient (Wildman–Crippen LogP) is -1.64. The molecule has 14 heavy (non-hydrogen) atoms. The van der Waals surface area contributed by atoms with Gasteiger partial charge in [-0.2, -0.15) is 0 Å². The lowest BCUT2D eigenvalue weighted by molar-refractivity contribution is -0.131. The SMILES string of the molecule is CN(CCO)C(=O)CN1CC[N]CC1. The van der Waals surface area contributed by atoms with Crippen molar-refractivity contribution in [3.63, 3.8) is 0 Å². The van der Waals surface area contributed by atoms with Crippen LogP contribution in [0.1, 0.15) is 0 Å². The van der Waals surface area contributed by atoms with Crippen LogP contribution in [0.15, 0.2) is 0 Å². The van der Waals surface area contributed by atoms with Crippen molar-refractivity contribution < 1.29 is 9.90 Å². The summed E-state index contributed by atoms with van der Waals surface area (Å²) < 4.78 is 0. The minimum atomic E-state index is 0.0254. The van der Waals surface area contributed by atoms with Crippen molar-refractivity contribution in [2.45, 2.75) is 0 Å². The van der Waals surface area contributed by atoms with E-state index < -0.39 is 0 Å². The second kappa shape index (κ2) is 5.95. The third kappa shape index (κ3) is 3.61. The van der Waals surface area contributed by atoms with Crippen molar-refractivity contribution in [3.8, 4) is 0 Å². The fraction of sp³-hybridized carbons (Fsp3) is 0.889. The lowest BCUT2D eigenvalue weighted by Crippen LogP contribution is -2.46. The first-order chi connectivity index (χ1) is 6.74. The van der Waals surface area contributed by atoms with Crippen LogP contribution in [0.25, 0.3) is 0 Å². The summed E-state index contributed by atoms with van der Waals surface area (Å²) in [6.45, 7) is 4.30. The van der Waals surface area contributed by atoms with Crippen LogP contribution in [0.3, 0.4) is 0 Å². The second-order valence-corrected chi connectivity index (χ2v) is 3.49. The number of amides is 1. The number of piperazine rings is 1. The molecule has 0 unspecified atom stereocenters. The summed E-state index contributed by atoms with van der Waals surface area (Å²) in [5.74, 6) is 0.0703. The lowest BCUT2D eigenvalue weighted by atomic mass is 10.3. The third-order valence-electron chi connectivity index (χ3n) is 2.37. The number of nitrogens with zero attached hydrogens (tertiary/aromatic N) is 3. The number of aliphatic hydroxyl groups excluding tert-OH is 1. The zero-order chi connectivity index (χ0) is 10.4.